The second kappa shape index (κ2) is 24.0. The van der Waals surface area contributed by atoms with Crippen LogP contribution in [0.2, 0.25) is 0 Å². The highest BCUT2D eigenvalue weighted by Gasteiger charge is 2.33. The average Bonchev–Trinajstić information content (AvgIpc) is 0.835. The van der Waals surface area contributed by atoms with Crippen molar-refractivity contribution in [3.63, 3.8) is 0 Å². The molecule has 4 nitrogen and oxygen atoms in total. The van der Waals surface area contributed by atoms with Crippen LogP contribution in [-0.4, -0.2) is 11.7 Å². The molecule has 3 aliphatic rings. The summed E-state index contributed by atoms with van der Waals surface area (Å²) in [6.45, 7) is 22.0. The third-order valence-corrected chi connectivity index (χ3v) is 19.9. The van der Waals surface area contributed by atoms with Gasteiger partial charge in [0.2, 0.25) is 0 Å². The molecule has 9 aromatic carbocycles. The minimum Gasteiger partial charge on any atom is -0.510 e. The Bertz CT molecular complexity index is 4360. The fourth-order valence-electron chi connectivity index (χ4n) is 15.0. The van der Waals surface area contributed by atoms with Gasteiger partial charge in [-0.3, -0.25) is 0 Å². The number of fused-ring (bicyclic) bond motifs is 3. The van der Waals surface area contributed by atoms with Gasteiger partial charge in [0, 0.05) is 50.3 Å². The van der Waals surface area contributed by atoms with Crippen molar-refractivity contribution in [1.82, 2.24) is 0 Å². The minimum absolute atomic E-state index is 0.198. The molecular formula is C82H82N2O2. The van der Waals surface area contributed by atoms with Gasteiger partial charge in [-0.15, -0.1) is 0 Å². The molecule has 0 saturated heterocycles. The highest BCUT2D eigenvalue weighted by molar-refractivity contribution is 6.29. The van der Waals surface area contributed by atoms with E-state index in [0.29, 0.717) is 23.0 Å². The largest absolute Gasteiger partial charge is 0.510 e. The van der Waals surface area contributed by atoms with Crippen LogP contribution in [0.15, 0.2) is 217 Å². The highest BCUT2D eigenvalue weighted by Crippen LogP contribution is 2.54. The topological polar surface area (TPSA) is 39.9 Å². The van der Waals surface area contributed by atoms with Crippen LogP contribution in [0, 0.1) is 34.6 Å². The number of furan rings is 1. The Kier molecular flexibility index (Phi) is 15.8. The van der Waals surface area contributed by atoms with Crippen LogP contribution in [0.3, 0.4) is 0 Å². The van der Waals surface area contributed by atoms with E-state index in [2.05, 4.69) is 222 Å². The molecule has 13 rings (SSSR count). The zero-order chi connectivity index (χ0) is 59.2. The summed E-state index contributed by atoms with van der Waals surface area (Å²) in [6, 6.07) is 55.2. The number of rotatable bonds is 16. The van der Waals surface area contributed by atoms with Gasteiger partial charge in [-0.1, -0.05) is 185 Å². The molecule has 86 heavy (non-hydrogen) atoms. The molecule has 2 fully saturated rings. The molecule has 0 spiro atoms. The summed E-state index contributed by atoms with van der Waals surface area (Å²) in [7, 11) is 0. The number of hydrogen-bond acceptors (Lipinski definition) is 4. The minimum atomic E-state index is 0.198. The summed E-state index contributed by atoms with van der Waals surface area (Å²) < 4.78 is 7.52. The normalized spacial score (nSPS) is 16.5. The van der Waals surface area contributed by atoms with Gasteiger partial charge >= 0.3 is 0 Å². The molecule has 2 saturated carbocycles. The van der Waals surface area contributed by atoms with Crippen molar-refractivity contribution in [2.45, 2.75) is 136 Å². The maximum atomic E-state index is 12.9. The molecule has 1 unspecified atom stereocenters. The Morgan fingerprint density at radius 2 is 1.16 bits per heavy atom. The van der Waals surface area contributed by atoms with E-state index in [1.54, 1.807) is 6.08 Å². The molecule has 432 valence electrons. The van der Waals surface area contributed by atoms with E-state index < -0.39 is 0 Å². The lowest BCUT2D eigenvalue weighted by molar-refractivity contribution is 0.399. The Morgan fingerprint density at radius 3 is 1.83 bits per heavy atom. The number of nitrogens with zero attached hydrogens (tertiary/aromatic N) is 2. The number of anilines is 5. The first-order chi connectivity index (χ1) is 41.9. The molecule has 0 amide bonds. The van der Waals surface area contributed by atoms with Crippen LogP contribution in [0.25, 0.3) is 48.9 Å². The number of aliphatic hydroxyl groups is 1. The molecule has 3 aliphatic carbocycles. The summed E-state index contributed by atoms with van der Waals surface area (Å²) in [5, 5.41) is 21.9. The molecular weight excluding hydrogens is 1040 g/mol. The summed E-state index contributed by atoms with van der Waals surface area (Å²) in [6.07, 6.45) is 25.8. The smallest absolute Gasteiger partial charge is 0.158 e. The maximum absolute atomic E-state index is 12.9. The van der Waals surface area contributed by atoms with Gasteiger partial charge in [0.15, 0.2) is 5.58 Å². The monoisotopic (exact) mass is 1130 g/mol. The van der Waals surface area contributed by atoms with Gasteiger partial charge in [-0.25, -0.2) is 0 Å². The SMILES string of the molecule is C=C/C=C\C(C(=C)/C=C\C=C(/C)c1ccccc1C)=C(\O)CN(c1ccc(C)c(C)c1)c1cc(C2CCCC2)c2ccc3c(N(c4ccc(C)c(C)c4)c4cccc5c6c(oc45)C(c4ccccc4)CCCC6)cc(C4CCCC4)c4ccc1c2c43. The average molecular weight is 1130 g/mol. The molecule has 1 N–H and O–H groups in total. The van der Waals surface area contributed by atoms with Crippen molar-refractivity contribution in [1.29, 1.82) is 0 Å². The first-order valence-corrected chi connectivity index (χ1v) is 31.9. The van der Waals surface area contributed by atoms with E-state index in [0.717, 1.165) is 71.8 Å². The highest BCUT2D eigenvalue weighted by atomic mass is 16.3. The summed E-state index contributed by atoms with van der Waals surface area (Å²) >= 11 is 0. The third kappa shape index (κ3) is 10.5. The molecule has 1 atom stereocenters. The number of benzene rings is 9. The second-order valence-electron chi connectivity index (χ2n) is 25.3. The quantitative estimate of drug-likeness (QED) is 0.0453. The van der Waals surface area contributed by atoms with E-state index in [4.69, 9.17) is 4.42 Å². The molecule has 0 radical (unpaired) electrons. The Hall–Kier alpha value is -8.60. The molecule has 10 aromatic rings. The van der Waals surface area contributed by atoms with Crippen LogP contribution in [-0.2, 0) is 6.42 Å². The van der Waals surface area contributed by atoms with Crippen molar-refractivity contribution in [3.05, 3.63) is 274 Å². The third-order valence-electron chi connectivity index (χ3n) is 19.9. The zero-order valence-electron chi connectivity index (χ0n) is 51.4. The van der Waals surface area contributed by atoms with Gasteiger partial charge in [0.05, 0.1) is 17.9 Å². The number of para-hydroxylation sites is 1. The molecule has 1 aromatic heterocycles. The van der Waals surface area contributed by atoms with E-state index in [-0.39, 0.29) is 18.2 Å². The standard InChI is InChI=1S/C82H82N2O2/c1-9-10-33-65(56(6)26-22-25-55(5)64-34-19-14-24-54(64)4)78(85)51-83(62-41-39-52(2)57(7)47-62)76-49-73(60-29-15-16-30-60)67-44-46-72-77(50-74(61-31-17-18-32-61)68-43-45-71(76)79(67)80(68)72)84(63-42-40-53(3)58(8)48-63)75-38-23-37-70-69-36-21-20-35-66(81(69)86-82(70)75)59-27-12-11-13-28-59/h9-14,19,22-28,33-34,37-50,60-61,66,85H,1,6,15-18,20-21,29-32,35-36,51H2,2-5,7-8H3/b26-22-,33-10-,55-25+,78-65-. The second-order valence-corrected chi connectivity index (χ2v) is 25.3. The summed E-state index contributed by atoms with van der Waals surface area (Å²) in [5.41, 5.74) is 22.0. The number of aliphatic hydroxyl groups excluding tert-OH is 1. The van der Waals surface area contributed by atoms with E-state index in [1.807, 2.05) is 18.2 Å². The van der Waals surface area contributed by atoms with Crippen LogP contribution < -0.4 is 9.80 Å². The molecule has 4 heteroatoms. The Balaban J connectivity index is 1.06. The van der Waals surface area contributed by atoms with Crippen LogP contribution in [0.4, 0.5) is 28.4 Å². The fraction of sp³-hybridized carbons (Fsp3) is 0.268. The maximum Gasteiger partial charge on any atom is 0.158 e. The number of hydrogen-bond donors (Lipinski definition) is 1. The van der Waals surface area contributed by atoms with E-state index in [9.17, 15) is 5.11 Å². The Morgan fingerprint density at radius 1 is 0.558 bits per heavy atom. The van der Waals surface area contributed by atoms with Crippen molar-refractivity contribution in [2.24, 2.45) is 0 Å². The Labute approximate surface area is 510 Å². The van der Waals surface area contributed by atoms with Crippen LogP contribution in [0.5, 0.6) is 0 Å². The summed E-state index contributed by atoms with van der Waals surface area (Å²) in [5.74, 6) is 2.39. The van der Waals surface area contributed by atoms with Crippen LogP contribution >= 0.6 is 0 Å². The summed E-state index contributed by atoms with van der Waals surface area (Å²) in [4.78, 5) is 4.96. The van der Waals surface area contributed by atoms with Crippen molar-refractivity contribution >= 4 is 77.3 Å². The van der Waals surface area contributed by atoms with Gasteiger partial charge in [0.1, 0.15) is 11.5 Å². The lowest BCUT2D eigenvalue weighted by Gasteiger charge is -2.32. The van der Waals surface area contributed by atoms with Crippen molar-refractivity contribution < 1.29 is 9.52 Å². The van der Waals surface area contributed by atoms with E-state index in [1.165, 1.54) is 144 Å². The fourth-order valence-corrected chi connectivity index (χ4v) is 15.0. The first-order valence-electron chi connectivity index (χ1n) is 31.9. The van der Waals surface area contributed by atoms with Gasteiger partial charge in [0.25, 0.3) is 0 Å². The lowest BCUT2D eigenvalue weighted by atomic mass is 9.82. The van der Waals surface area contributed by atoms with Crippen molar-refractivity contribution in [3.8, 4) is 0 Å². The lowest BCUT2D eigenvalue weighted by Crippen LogP contribution is -2.22. The van der Waals surface area contributed by atoms with Gasteiger partial charge in [-0.05, 0) is 224 Å². The molecule has 1 heterocycles. The van der Waals surface area contributed by atoms with Gasteiger partial charge < -0.3 is 19.3 Å². The number of allylic oxidation sites excluding steroid dienone is 9. The zero-order valence-corrected chi connectivity index (χ0v) is 51.4. The number of aryl methyl sites for hydroxylation is 6. The predicted octanol–water partition coefficient (Wildman–Crippen LogP) is 23.4. The molecule has 0 aliphatic heterocycles. The van der Waals surface area contributed by atoms with Crippen molar-refractivity contribution in [2.75, 3.05) is 16.3 Å². The van der Waals surface area contributed by atoms with E-state index >= 15 is 0 Å². The first kappa shape index (κ1) is 56.5. The van der Waals surface area contributed by atoms with Gasteiger partial charge in [-0.2, -0.15) is 0 Å². The van der Waals surface area contributed by atoms with Crippen LogP contribution in [0.1, 0.15) is 157 Å². The molecule has 0 bridgehead atoms. The predicted molar refractivity (Wildman–Crippen MR) is 367 cm³/mol.